The fourth-order valence-corrected chi connectivity index (χ4v) is 3.73. The van der Waals surface area contributed by atoms with Crippen LogP contribution in [-0.2, 0) is 14.3 Å². The second-order valence-corrected chi connectivity index (χ2v) is 6.83. The Labute approximate surface area is 149 Å². The average molecular weight is 364 g/mol. The molecule has 1 aromatic rings. The second-order valence-electron chi connectivity index (χ2n) is 6.83. The largest absolute Gasteiger partial charge is 0.756 e. The Morgan fingerprint density at radius 2 is 2.23 bits per heavy atom. The molecule has 4 rings (SSSR count). The van der Waals surface area contributed by atoms with Gasteiger partial charge in [-0.25, -0.2) is 9.18 Å². The number of carbonyl (C=O) groups is 2. The van der Waals surface area contributed by atoms with Crippen molar-refractivity contribution in [2.75, 3.05) is 36.0 Å². The van der Waals surface area contributed by atoms with Gasteiger partial charge in [0.05, 0.1) is 36.7 Å². The normalized spacial score (nSPS) is 27.2. The predicted octanol–water partition coefficient (Wildman–Crippen LogP) is 1.47. The van der Waals surface area contributed by atoms with E-state index in [0.29, 0.717) is 24.5 Å². The molecule has 0 radical (unpaired) electrons. The fourth-order valence-electron chi connectivity index (χ4n) is 3.73. The minimum Gasteiger partial charge on any atom is -0.756 e. The number of rotatable bonds is 4. The van der Waals surface area contributed by atoms with Crippen LogP contribution in [0.1, 0.15) is 13.3 Å². The Bertz CT molecular complexity index is 745. The number of hydroxylamine groups is 2. The highest BCUT2D eigenvalue weighted by Crippen LogP contribution is 2.35. The maximum absolute atomic E-state index is 14.7. The Morgan fingerprint density at radius 3 is 2.85 bits per heavy atom. The number of anilines is 2. The molecule has 0 unspecified atom stereocenters. The summed E-state index contributed by atoms with van der Waals surface area (Å²) in [7, 11) is 0. The molecule has 0 aromatic heterocycles. The van der Waals surface area contributed by atoms with E-state index in [1.54, 1.807) is 12.1 Å². The maximum atomic E-state index is 14.7. The van der Waals surface area contributed by atoms with Gasteiger partial charge >= 0.3 is 6.09 Å². The zero-order chi connectivity index (χ0) is 18.4. The number of fused-ring (bicyclic) bond motifs is 2. The number of amides is 2. The summed E-state index contributed by atoms with van der Waals surface area (Å²) in [4.78, 5) is 26.3. The molecule has 3 saturated heterocycles. The van der Waals surface area contributed by atoms with Crippen LogP contribution in [-0.4, -0.2) is 61.6 Å². The first kappa shape index (κ1) is 17.0. The molecule has 9 heteroatoms. The van der Waals surface area contributed by atoms with E-state index in [9.17, 15) is 19.2 Å². The molecule has 3 aliphatic heterocycles. The van der Waals surface area contributed by atoms with Crippen molar-refractivity contribution in [1.82, 2.24) is 5.06 Å². The lowest BCUT2D eigenvalue weighted by atomic mass is 10.2. The van der Waals surface area contributed by atoms with Crippen LogP contribution in [0.5, 0.6) is 0 Å². The van der Waals surface area contributed by atoms with Gasteiger partial charge < -0.3 is 24.6 Å². The Hall–Kier alpha value is -2.39. The first-order chi connectivity index (χ1) is 12.4. The number of halogens is 1. The molecule has 0 saturated carbocycles. The molecule has 2 bridgehead atoms. The number of hydrogen-bond donors (Lipinski definition) is 0. The molecule has 3 fully saturated rings. The predicted molar refractivity (Wildman–Crippen MR) is 90.3 cm³/mol. The first-order valence-electron chi connectivity index (χ1n) is 8.53. The summed E-state index contributed by atoms with van der Waals surface area (Å²) < 4.78 is 25.3. The number of cyclic esters (lactones) is 1. The summed E-state index contributed by atoms with van der Waals surface area (Å²) in [5.74, 6) is -1.07. The number of morpholine rings is 1. The van der Waals surface area contributed by atoms with Gasteiger partial charge in [0.1, 0.15) is 11.9 Å². The molecule has 0 N–H and O–H groups in total. The molecular formula is C17H19FN3O5-. The molecule has 8 nitrogen and oxygen atoms in total. The van der Waals surface area contributed by atoms with Crippen molar-refractivity contribution < 1.29 is 23.5 Å². The van der Waals surface area contributed by atoms with E-state index >= 15 is 0 Å². The maximum Gasteiger partial charge on any atom is 0.414 e. The highest BCUT2D eigenvalue weighted by Gasteiger charge is 2.40. The zero-order valence-corrected chi connectivity index (χ0v) is 14.3. The van der Waals surface area contributed by atoms with Crippen molar-refractivity contribution in [3.63, 3.8) is 0 Å². The van der Waals surface area contributed by atoms with Crippen LogP contribution in [0.4, 0.5) is 20.6 Å². The van der Waals surface area contributed by atoms with Gasteiger partial charge in [0.15, 0.2) is 0 Å². The monoisotopic (exact) mass is 364 g/mol. The highest BCUT2D eigenvalue weighted by molar-refractivity contribution is 5.90. The van der Waals surface area contributed by atoms with Gasteiger partial charge in [-0.05, 0) is 24.6 Å². The number of benzene rings is 1. The SMILES string of the molecule is CC(=O)N([O-])C[C@@H]1CN(c2ccc(N3C[C@@H]4C[C@H]3CO4)c(F)c2)C(=O)O1. The number of hydrogen-bond acceptors (Lipinski definition) is 6. The Balaban J connectivity index is 1.47. The van der Waals surface area contributed by atoms with Crippen molar-refractivity contribution >= 4 is 23.4 Å². The standard InChI is InChI=1S/C17H19FN3O5/c1-10(22)21(24)8-14-7-20(17(23)26-14)11-2-3-16(15(18)5-11)19-6-13-4-12(19)9-25-13/h2-3,5,12-14H,4,6-9H2,1H3/q-1/t12-,13-,14-/m0/s1. The lowest BCUT2D eigenvalue weighted by molar-refractivity contribution is -0.127. The van der Waals surface area contributed by atoms with Crippen LogP contribution in [0.3, 0.4) is 0 Å². The van der Waals surface area contributed by atoms with Gasteiger partial charge in [-0.15, -0.1) is 0 Å². The smallest absolute Gasteiger partial charge is 0.414 e. The first-order valence-corrected chi connectivity index (χ1v) is 8.53. The van der Waals surface area contributed by atoms with Crippen molar-refractivity contribution in [1.29, 1.82) is 0 Å². The summed E-state index contributed by atoms with van der Waals surface area (Å²) in [6.45, 7) is 2.26. The topological polar surface area (TPSA) is 85.4 Å². The summed E-state index contributed by atoms with van der Waals surface area (Å²) in [6, 6.07) is 4.80. The average Bonchev–Trinajstić information content (AvgIpc) is 3.30. The van der Waals surface area contributed by atoms with E-state index in [2.05, 4.69) is 0 Å². The molecule has 1 aromatic carbocycles. The van der Waals surface area contributed by atoms with Crippen LogP contribution < -0.4 is 9.80 Å². The quantitative estimate of drug-likeness (QED) is 0.753. The minimum absolute atomic E-state index is 0.0892. The third kappa shape index (κ3) is 2.97. The molecular weight excluding hydrogens is 345 g/mol. The van der Waals surface area contributed by atoms with E-state index < -0.39 is 23.9 Å². The molecule has 0 aliphatic carbocycles. The molecule has 0 spiro atoms. The van der Waals surface area contributed by atoms with E-state index in [1.807, 2.05) is 4.90 Å². The van der Waals surface area contributed by atoms with Gasteiger partial charge in [0, 0.05) is 20.0 Å². The van der Waals surface area contributed by atoms with Gasteiger partial charge in [-0.1, -0.05) is 0 Å². The summed E-state index contributed by atoms with van der Waals surface area (Å²) in [6.07, 6.45) is -0.334. The van der Waals surface area contributed by atoms with Crippen LogP contribution in [0.25, 0.3) is 0 Å². The van der Waals surface area contributed by atoms with Crippen molar-refractivity contribution in [2.45, 2.75) is 31.6 Å². The summed E-state index contributed by atoms with van der Waals surface area (Å²) in [5, 5.41) is 11.7. The van der Waals surface area contributed by atoms with Crippen molar-refractivity contribution in [2.24, 2.45) is 0 Å². The lowest BCUT2D eigenvalue weighted by Gasteiger charge is -2.29. The number of ether oxygens (including phenoxy) is 2. The van der Waals surface area contributed by atoms with Gasteiger partial charge in [-0.2, -0.15) is 0 Å². The van der Waals surface area contributed by atoms with Crippen LogP contribution in [0, 0.1) is 11.0 Å². The lowest BCUT2D eigenvalue weighted by Crippen LogP contribution is -2.37. The Morgan fingerprint density at radius 1 is 1.42 bits per heavy atom. The highest BCUT2D eigenvalue weighted by atomic mass is 19.1. The zero-order valence-electron chi connectivity index (χ0n) is 14.3. The Kier molecular flexibility index (Phi) is 4.20. The van der Waals surface area contributed by atoms with Gasteiger partial charge in [-0.3, -0.25) is 9.69 Å². The van der Waals surface area contributed by atoms with Crippen LogP contribution in [0.15, 0.2) is 18.2 Å². The van der Waals surface area contributed by atoms with E-state index in [0.717, 1.165) is 13.3 Å². The van der Waals surface area contributed by atoms with Crippen LogP contribution >= 0.6 is 0 Å². The van der Waals surface area contributed by atoms with E-state index in [1.165, 1.54) is 11.0 Å². The van der Waals surface area contributed by atoms with Gasteiger partial charge in [0.2, 0.25) is 5.91 Å². The molecule has 140 valence electrons. The molecule has 3 atom stereocenters. The van der Waals surface area contributed by atoms with E-state index in [-0.39, 0.29) is 30.3 Å². The van der Waals surface area contributed by atoms with E-state index in [4.69, 9.17) is 9.47 Å². The van der Waals surface area contributed by atoms with Gasteiger partial charge in [0.25, 0.3) is 0 Å². The number of carbonyl (C=O) groups excluding carboxylic acids is 2. The van der Waals surface area contributed by atoms with Crippen LogP contribution in [0.2, 0.25) is 0 Å². The molecule has 2 amide bonds. The van der Waals surface area contributed by atoms with Crippen molar-refractivity contribution in [3.8, 4) is 0 Å². The molecule has 3 heterocycles. The molecule has 26 heavy (non-hydrogen) atoms. The summed E-state index contributed by atoms with van der Waals surface area (Å²) in [5.41, 5.74) is 0.857. The second kappa shape index (κ2) is 6.40. The minimum atomic E-state index is -0.738. The fraction of sp³-hybridized carbons (Fsp3) is 0.529. The molecule has 3 aliphatic rings. The third-order valence-electron chi connectivity index (χ3n) is 5.05. The third-order valence-corrected chi connectivity index (χ3v) is 5.05. The number of nitrogens with zero attached hydrogens (tertiary/aromatic N) is 3. The van der Waals surface area contributed by atoms with Crippen molar-refractivity contribution in [3.05, 3.63) is 29.2 Å². The summed E-state index contributed by atoms with van der Waals surface area (Å²) >= 11 is 0.